The van der Waals surface area contributed by atoms with E-state index >= 15 is 0 Å². The smallest absolute Gasteiger partial charge is 0.316 e. The second-order valence-electron chi connectivity index (χ2n) is 7.53. The lowest BCUT2D eigenvalue weighted by Crippen LogP contribution is -2.48. The molecule has 26 heavy (non-hydrogen) atoms. The Labute approximate surface area is 156 Å². The Morgan fingerprint density at radius 2 is 1.92 bits per heavy atom. The van der Waals surface area contributed by atoms with Crippen LogP contribution in [0.4, 0.5) is 0 Å². The second kappa shape index (κ2) is 9.28. The monoisotopic (exact) mass is 364 g/mol. The number of carbonyl (C=O) groups excluding carboxylic acids is 2. The lowest BCUT2D eigenvalue weighted by molar-refractivity contribution is -0.161. The van der Waals surface area contributed by atoms with E-state index in [2.05, 4.69) is 6.58 Å². The van der Waals surface area contributed by atoms with Gasteiger partial charge in [-0.3, -0.25) is 9.59 Å². The Morgan fingerprint density at radius 3 is 2.46 bits per heavy atom. The van der Waals surface area contributed by atoms with Crippen molar-refractivity contribution in [3.8, 4) is 0 Å². The van der Waals surface area contributed by atoms with Gasteiger partial charge < -0.3 is 14.9 Å². The second-order valence-corrected chi connectivity index (χ2v) is 7.53. The van der Waals surface area contributed by atoms with Crippen LogP contribution in [-0.2, 0) is 14.3 Å². The molecule has 0 bridgehead atoms. The molecule has 5 nitrogen and oxygen atoms in total. The molecule has 4 atom stereocenters. The Bertz CT molecular complexity index is 616. The summed E-state index contributed by atoms with van der Waals surface area (Å²) < 4.78 is 5.50. The van der Waals surface area contributed by atoms with Crippen molar-refractivity contribution in [1.29, 1.82) is 0 Å². The average molecular weight is 364 g/mol. The molecule has 2 N–H and O–H groups in total. The molecular weight excluding hydrogens is 332 g/mol. The highest BCUT2D eigenvalue weighted by Gasteiger charge is 2.42. The minimum atomic E-state index is -1.99. The standard InChI is InChI=1S/C21H32O5/c1-7-18-16(5)10-14(3)8-13(2)9-15(4)11-21(25,12-22)19(23)17(6)20(24)26-18/h9-10,13,17-18,22,25H,3,7-8,11-12H2,1-2,4-6H3/b15-9+,16-10+. The van der Waals surface area contributed by atoms with Crippen LogP contribution in [0.25, 0.3) is 0 Å². The minimum absolute atomic E-state index is 0.0250. The maximum atomic E-state index is 12.7. The summed E-state index contributed by atoms with van der Waals surface area (Å²) in [4.78, 5) is 25.1. The molecule has 0 saturated heterocycles. The zero-order valence-electron chi connectivity index (χ0n) is 16.5. The predicted molar refractivity (Wildman–Crippen MR) is 101 cm³/mol. The van der Waals surface area contributed by atoms with Crippen LogP contribution in [0, 0.1) is 11.8 Å². The molecule has 1 heterocycles. The van der Waals surface area contributed by atoms with E-state index in [0.29, 0.717) is 12.8 Å². The molecule has 0 aromatic rings. The number of hydrogen-bond acceptors (Lipinski definition) is 5. The van der Waals surface area contributed by atoms with Crippen LogP contribution >= 0.6 is 0 Å². The van der Waals surface area contributed by atoms with E-state index < -0.39 is 36.0 Å². The number of ketones is 1. The molecule has 0 spiro atoms. The molecule has 1 rings (SSSR count). The molecular formula is C21H32O5. The van der Waals surface area contributed by atoms with Gasteiger partial charge in [0.25, 0.3) is 0 Å². The van der Waals surface area contributed by atoms with Crippen molar-refractivity contribution < 1.29 is 24.5 Å². The highest BCUT2D eigenvalue weighted by molar-refractivity contribution is 6.03. The quantitative estimate of drug-likeness (QED) is 0.447. The first-order valence-corrected chi connectivity index (χ1v) is 9.15. The Hall–Kier alpha value is -1.72. The number of aliphatic hydroxyl groups is 2. The van der Waals surface area contributed by atoms with Gasteiger partial charge >= 0.3 is 5.97 Å². The van der Waals surface area contributed by atoms with E-state index in [0.717, 1.165) is 16.7 Å². The summed E-state index contributed by atoms with van der Waals surface area (Å²) in [5.74, 6) is -2.42. The van der Waals surface area contributed by atoms with Crippen LogP contribution in [-0.4, -0.2) is 40.3 Å². The van der Waals surface area contributed by atoms with E-state index in [-0.39, 0.29) is 12.3 Å². The van der Waals surface area contributed by atoms with Gasteiger partial charge in [-0.1, -0.05) is 43.7 Å². The molecule has 0 radical (unpaired) electrons. The van der Waals surface area contributed by atoms with Crippen LogP contribution in [0.5, 0.6) is 0 Å². The zero-order chi connectivity index (χ0) is 20.1. The van der Waals surface area contributed by atoms with E-state index in [9.17, 15) is 19.8 Å². The van der Waals surface area contributed by atoms with Crippen molar-refractivity contribution in [3.05, 3.63) is 35.5 Å². The SMILES string of the molecule is C=C1/C=C(\C)C(CC)OC(=O)C(C)C(=O)C(O)(CO)C/C(C)=C/C(C)C1. The summed E-state index contributed by atoms with van der Waals surface area (Å²) in [7, 11) is 0. The fourth-order valence-electron chi connectivity index (χ4n) is 3.42. The average Bonchev–Trinajstić information content (AvgIpc) is 2.56. The van der Waals surface area contributed by atoms with Crippen molar-refractivity contribution >= 4 is 11.8 Å². The van der Waals surface area contributed by atoms with Crippen LogP contribution < -0.4 is 0 Å². The van der Waals surface area contributed by atoms with Gasteiger partial charge in [0.15, 0.2) is 11.4 Å². The maximum Gasteiger partial charge on any atom is 0.316 e. The molecule has 0 aliphatic carbocycles. The maximum absolute atomic E-state index is 12.7. The first-order valence-electron chi connectivity index (χ1n) is 9.15. The summed E-state index contributed by atoms with van der Waals surface area (Å²) in [6, 6.07) is 0. The largest absolute Gasteiger partial charge is 0.457 e. The van der Waals surface area contributed by atoms with Crippen LogP contribution in [0.15, 0.2) is 35.5 Å². The van der Waals surface area contributed by atoms with Gasteiger partial charge in [0.1, 0.15) is 12.0 Å². The number of rotatable bonds is 2. The van der Waals surface area contributed by atoms with Crippen molar-refractivity contribution in [2.24, 2.45) is 11.8 Å². The van der Waals surface area contributed by atoms with E-state index in [1.807, 2.05) is 32.9 Å². The number of allylic oxidation sites excluding steroid dienone is 3. The highest BCUT2D eigenvalue weighted by Crippen LogP contribution is 2.26. The molecule has 5 heteroatoms. The van der Waals surface area contributed by atoms with Crippen LogP contribution in [0.3, 0.4) is 0 Å². The third kappa shape index (κ3) is 5.64. The lowest BCUT2D eigenvalue weighted by atomic mass is 9.84. The van der Waals surface area contributed by atoms with Crippen molar-refractivity contribution in [2.45, 2.75) is 65.6 Å². The van der Waals surface area contributed by atoms with E-state index in [1.54, 1.807) is 6.92 Å². The van der Waals surface area contributed by atoms with E-state index in [4.69, 9.17) is 4.74 Å². The summed E-state index contributed by atoms with van der Waals surface area (Å²) in [5.41, 5.74) is 0.576. The van der Waals surface area contributed by atoms with Gasteiger partial charge in [-0.05, 0) is 45.1 Å². The molecule has 4 unspecified atom stereocenters. The molecule has 0 fully saturated rings. The van der Waals surface area contributed by atoms with Gasteiger partial charge in [-0.25, -0.2) is 0 Å². The molecule has 0 aromatic carbocycles. The third-order valence-corrected chi connectivity index (χ3v) is 4.76. The van der Waals surface area contributed by atoms with Crippen molar-refractivity contribution in [3.63, 3.8) is 0 Å². The number of cyclic esters (lactones) is 1. The molecule has 146 valence electrons. The number of hydrogen-bond donors (Lipinski definition) is 2. The number of carbonyl (C=O) groups is 2. The number of ether oxygens (including phenoxy) is 1. The molecule has 1 aliphatic heterocycles. The molecule has 0 saturated carbocycles. The van der Waals surface area contributed by atoms with Gasteiger partial charge in [-0.2, -0.15) is 0 Å². The van der Waals surface area contributed by atoms with E-state index in [1.165, 1.54) is 6.92 Å². The number of aliphatic hydroxyl groups excluding tert-OH is 1. The summed E-state index contributed by atoms with van der Waals surface area (Å²) >= 11 is 0. The highest BCUT2D eigenvalue weighted by atomic mass is 16.5. The van der Waals surface area contributed by atoms with Crippen molar-refractivity contribution in [1.82, 2.24) is 0 Å². The van der Waals surface area contributed by atoms with Gasteiger partial charge in [0.05, 0.1) is 6.61 Å². The summed E-state index contributed by atoms with van der Waals surface area (Å²) in [6.07, 6.45) is 4.70. The Kier molecular flexibility index (Phi) is 7.97. The lowest BCUT2D eigenvalue weighted by Gasteiger charge is -2.28. The fourth-order valence-corrected chi connectivity index (χ4v) is 3.42. The summed E-state index contributed by atoms with van der Waals surface area (Å²) in [5, 5.41) is 20.3. The third-order valence-electron chi connectivity index (χ3n) is 4.76. The summed E-state index contributed by atoms with van der Waals surface area (Å²) in [6.45, 7) is 12.3. The zero-order valence-corrected chi connectivity index (χ0v) is 16.5. The van der Waals surface area contributed by atoms with Crippen LogP contribution in [0.2, 0.25) is 0 Å². The van der Waals surface area contributed by atoms with Gasteiger partial charge in [0.2, 0.25) is 0 Å². The van der Waals surface area contributed by atoms with Crippen LogP contribution in [0.1, 0.15) is 53.9 Å². The topological polar surface area (TPSA) is 83.8 Å². The Balaban J connectivity index is 3.32. The van der Waals surface area contributed by atoms with Crippen molar-refractivity contribution in [2.75, 3.05) is 6.61 Å². The van der Waals surface area contributed by atoms with Gasteiger partial charge in [0, 0.05) is 6.42 Å². The predicted octanol–water partition coefficient (Wildman–Crippen LogP) is 3.12. The van der Waals surface area contributed by atoms with Gasteiger partial charge in [-0.15, -0.1) is 0 Å². The first kappa shape index (κ1) is 22.3. The normalized spacial score (nSPS) is 36.4. The Morgan fingerprint density at radius 1 is 1.31 bits per heavy atom. The molecule has 0 amide bonds. The molecule has 1 aliphatic rings. The number of Topliss-reactive ketones (excluding diaryl/α,β-unsaturated/α-hetero) is 1. The first-order chi connectivity index (χ1) is 12.0. The number of esters is 1. The fraction of sp³-hybridized carbons (Fsp3) is 0.619. The minimum Gasteiger partial charge on any atom is -0.457 e. The molecule has 0 aromatic heterocycles.